The van der Waals surface area contributed by atoms with E-state index in [1.165, 1.54) is 30.3 Å². The average Bonchev–Trinajstić information content (AvgIpc) is 2.95. The molecule has 1 N–H and O–H groups in total. The summed E-state index contributed by atoms with van der Waals surface area (Å²) in [5, 5.41) is 0. The second-order valence-corrected chi connectivity index (χ2v) is 9.03. The molecule has 0 spiro atoms. The van der Waals surface area contributed by atoms with E-state index in [0.717, 1.165) is 26.1 Å². The summed E-state index contributed by atoms with van der Waals surface area (Å²) in [4.78, 5) is 17.2. The first-order chi connectivity index (χ1) is 13.4. The number of carbonyl (C=O) groups excluding carboxylic acids is 1. The van der Waals surface area contributed by atoms with E-state index in [2.05, 4.69) is 40.8 Å². The fraction of sp³-hybridized carbons (Fsp3) is 0.381. The van der Waals surface area contributed by atoms with Crippen molar-refractivity contribution in [3.8, 4) is 0 Å². The van der Waals surface area contributed by atoms with Gasteiger partial charge in [0.25, 0.3) is 5.91 Å². The largest absolute Gasteiger partial charge is 0.337 e. The van der Waals surface area contributed by atoms with E-state index in [-0.39, 0.29) is 10.8 Å². The number of benzene rings is 2. The van der Waals surface area contributed by atoms with Gasteiger partial charge in [0.1, 0.15) is 0 Å². The first-order valence-electron chi connectivity index (χ1n) is 9.50. The normalized spacial score (nSPS) is 16.0. The molecule has 0 aliphatic carbocycles. The molecule has 3 rings (SSSR count). The summed E-state index contributed by atoms with van der Waals surface area (Å²) in [6.07, 6.45) is 0.895. The highest BCUT2D eigenvalue weighted by Gasteiger charge is 2.22. The van der Waals surface area contributed by atoms with Gasteiger partial charge in [-0.15, -0.1) is 0 Å². The van der Waals surface area contributed by atoms with Crippen LogP contribution in [0.1, 0.15) is 27.9 Å². The van der Waals surface area contributed by atoms with E-state index in [4.69, 9.17) is 0 Å². The second-order valence-electron chi connectivity index (χ2n) is 7.14. The van der Waals surface area contributed by atoms with Gasteiger partial charge in [0.15, 0.2) is 0 Å². The van der Waals surface area contributed by atoms with Crippen LogP contribution in [-0.4, -0.2) is 57.4 Å². The molecule has 1 amide bonds. The minimum Gasteiger partial charge on any atom is -0.337 e. The predicted molar refractivity (Wildman–Crippen MR) is 110 cm³/mol. The third-order valence-electron chi connectivity index (χ3n) is 5.06. The van der Waals surface area contributed by atoms with Gasteiger partial charge < -0.3 is 4.90 Å². The van der Waals surface area contributed by atoms with Gasteiger partial charge in [0.2, 0.25) is 10.0 Å². The molecule has 28 heavy (non-hydrogen) atoms. The zero-order valence-corrected chi connectivity index (χ0v) is 17.2. The van der Waals surface area contributed by atoms with E-state index in [1.54, 1.807) is 12.1 Å². The zero-order chi connectivity index (χ0) is 20.1. The Bertz CT molecular complexity index is 926. The Morgan fingerprint density at radius 3 is 2.50 bits per heavy atom. The fourth-order valence-corrected chi connectivity index (χ4v) is 4.16. The molecule has 0 bridgehead atoms. The Hall–Kier alpha value is -2.22. The Morgan fingerprint density at radius 1 is 1.04 bits per heavy atom. The van der Waals surface area contributed by atoms with Crippen LogP contribution in [-0.2, 0) is 16.6 Å². The molecule has 0 saturated carbocycles. The van der Waals surface area contributed by atoms with E-state index in [0.29, 0.717) is 18.7 Å². The van der Waals surface area contributed by atoms with Crippen molar-refractivity contribution in [3.63, 3.8) is 0 Å². The van der Waals surface area contributed by atoms with Crippen LogP contribution in [0.25, 0.3) is 0 Å². The van der Waals surface area contributed by atoms with Crippen LogP contribution in [0, 0.1) is 6.92 Å². The maximum absolute atomic E-state index is 12.9. The molecule has 1 fully saturated rings. The number of carbonyl (C=O) groups is 1. The molecule has 150 valence electrons. The summed E-state index contributed by atoms with van der Waals surface area (Å²) in [7, 11) is -2.21. The summed E-state index contributed by atoms with van der Waals surface area (Å²) >= 11 is 0. The molecule has 7 heteroatoms. The van der Waals surface area contributed by atoms with Crippen LogP contribution in [0.15, 0.2) is 53.4 Å². The van der Waals surface area contributed by atoms with Gasteiger partial charge in [-0.25, -0.2) is 13.1 Å². The molecule has 1 heterocycles. The molecule has 1 aliphatic heterocycles. The van der Waals surface area contributed by atoms with Gasteiger partial charge >= 0.3 is 0 Å². The smallest absolute Gasteiger partial charge is 0.253 e. The second kappa shape index (κ2) is 8.86. The van der Waals surface area contributed by atoms with Gasteiger partial charge in [-0.2, -0.15) is 0 Å². The average molecular weight is 402 g/mol. The zero-order valence-electron chi connectivity index (χ0n) is 16.4. The van der Waals surface area contributed by atoms with Crippen molar-refractivity contribution in [1.29, 1.82) is 0 Å². The van der Waals surface area contributed by atoms with E-state index < -0.39 is 10.0 Å². The Morgan fingerprint density at radius 2 is 1.79 bits per heavy atom. The number of hydrogen-bond donors (Lipinski definition) is 1. The van der Waals surface area contributed by atoms with Crippen LogP contribution >= 0.6 is 0 Å². The van der Waals surface area contributed by atoms with Crippen molar-refractivity contribution >= 4 is 15.9 Å². The van der Waals surface area contributed by atoms with Crippen molar-refractivity contribution in [2.45, 2.75) is 24.8 Å². The lowest BCUT2D eigenvalue weighted by Gasteiger charge is -2.22. The maximum atomic E-state index is 12.9. The third-order valence-corrected chi connectivity index (χ3v) is 6.47. The Labute approximate surface area is 167 Å². The third kappa shape index (κ3) is 4.98. The molecule has 0 unspecified atom stereocenters. The van der Waals surface area contributed by atoms with Crippen LogP contribution < -0.4 is 4.72 Å². The lowest BCUT2D eigenvalue weighted by atomic mass is 10.1. The fourth-order valence-electron chi connectivity index (χ4n) is 3.38. The lowest BCUT2D eigenvalue weighted by molar-refractivity contribution is 0.0761. The molecule has 1 aliphatic rings. The Balaban J connectivity index is 1.66. The highest BCUT2D eigenvalue weighted by molar-refractivity contribution is 7.89. The minimum absolute atomic E-state index is 0.108. The van der Waals surface area contributed by atoms with Crippen molar-refractivity contribution in [1.82, 2.24) is 14.5 Å². The van der Waals surface area contributed by atoms with E-state index in [9.17, 15) is 13.2 Å². The van der Waals surface area contributed by atoms with Crippen LogP contribution in [0.3, 0.4) is 0 Å². The van der Waals surface area contributed by atoms with Crippen LogP contribution in [0.5, 0.6) is 0 Å². The summed E-state index contributed by atoms with van der Waals surface area (Å²) in [6.45, 7) is 5.99. The van der Waals surface area contributed by atoms with Crippen LogP contribution in [0.4, 0.5) is 0 Å². The highest BCUT2D eigenvalue weighted by Crippen LogP contribution is 2.16. The topological polar surface area (TPSA) is 69.7 Å². The number of rotatable bonds is 5. The predicted octanol–water partition coefficient (Wildman–Crippen LogP) is 2.25. The highest BCUT2D eigenvalue weighted by atomic mass is 32.2. The molecule has 6 nitrogen and oxygen atoms in total. The van der Waals surface area contributed by atoms with Gasteiger partial charge in [-0.3, -0.25) is 9.69 Å². The quantitative estimate of drug-likeness (QED) is 0.834. The first kappa shape index (κ1) is 20.5. The number of aryl methyl sites for hydroxylation is 1. The molecule has 0 radical (unpaired) electrons. The summed E-state index contributed by atoms with van der Waals surface area (Å²) < 4.78 is 26.3. The van der Waals surface area contributed by atoms with Crippen LogP contribution in [0.2, 0.25) is 0 Å². The van der Waals surface area contributed by atoms with Gasteiger partial charge in [0.05, 0.1) is 4.90 Å². The summed E-state index contributed by atoms with van der Waals surface area (Å²) in [5.74, 6) is -0.120. The standard InChI is InChI=1S/C21H27N3O3S/c1-17-7-9-18(10-8-17)16-23-11-4-12-24(14-13-23)21(25)19-5-3-6-20(15-19)28(26,27)22-2/h3,5-10,15,22H,4,11-14,16H2,1-2H3. The number of sulfonamides is 1. The van der Waals surface area contributed by atoms with Gasteiger partial charge in [-0.05, 0) is 44.2 Å². The van der Waals surface area contributed by atoms with E-state index in [1.807, 2.05) is 4.90 Å². The Kier molecular flexibility index (Phi) is 6.49. The molecule has 0 atom stereocenters. The molecular formula is C21H27N3O3S. The van der Waals surface area contributed by atoms with E-state index >= 15 is 0 Å². The van der Waals surface area contributed by atoms with Crippen molar-refractivity contribution < 1.29 is 13.2 Å². The monoisotopic (exact) mass is 401 g/mol. The molecule has 1 saturated heterocycles. The van der Waals surface area contributed by atoms with Crippen molar-refractivity contribution in [2.24, 2.45) is 0 Å². The minimum atomic E-state index is -3.57. The lowest BCUT2D eigenvalue weighted by Crippen LogP contribution is -2.35. The molecule has 2 aromatic rings. The first-order valence-corrected chi connectivity index (χ1v) is 11.0. The number of nitrogens with zero attached hydrogens (tertiary/aromatic N) is 2. The molecule has 2 aromatic carbocycles. The molecule has 0 aromatic heterocycles. The number of nitrogens with one attached hydrogen (secondary N) is 1. The van der Waals surface area contributed by atoms with Gasteiger partial charge in [0, 0.05) is 38.3 Å². The summed E-state index contributed by atoms with van der Waals surface area (Å²) in [5.41, 5.74) is 2.93. The molecular weight excluding hydrogens is 374 g/mol. The number of amides is 1. The maximum Gasteiger partial charge on any atom is 0.253 e. The van der Waals surface area contributed by atoms with Crippen molar-refractivity contribution in [2.75, 3.05) is 33.2 Å². The SMILES string of the molecule is CNS(=O)(=O)c1cccc(C(=O)N2CCCN(Cc3ccc(C)cc3)CC2)c1. The summed E-state index contributed by atoms with van der Waals surface area (Å²) in [6, 6.07) is 14.8. The van der Waals surface area contributed by atoms with Crippen molar-refractivity contribution in [3.05, 3.63) is 65.2 Å². The van der Waals surface area contributed by atoms with Gasteiger partial charge in [-0.1, -0.05) is 35.9 Å². The number of hydrogen-bond acceptors (Lipinski definition) is 4.